The number of benzene rings is 2. The van der Waals surface area contributed by atoms with Crippen LogP contribution in [-0.4, -0.2) is 13.4 Å². The maximum Gasteiger partial charge on any atom is 0.263 e. The fraction of sp³-hybridized carbons (Fsp3) is 0.0556. The minimum absolute atomic E-state index is 0.0784. The summed E-state index contributed by atoms with van der Waals surface area (Å²) in [5, 5.41) is 0.959. The van der Waals surface area contributed by atoms with Gasteiger partial charge in [-0.15, -0.1) is 0 Å². The molecule has 3 aromatic rings. The molecule has 0 amide bonds. The second-order valence-corrected chi connectivity index (χ2v) is 7.90. The van der Waals surface area contributed by atoms with Gasteiger partial charge in [0.25, 0.3) is 10.0 Å². The van der Waals surface area contributed by atoms with Gasteiger partial charge in [-0.25, -0.2) is 13.4 Å². The van der Waals surface area contributed by atoms with E-state index in [1.807, 2.05) is 18.2 Å². The van der Waals surface area contributed by atoms with Crippen LogP contribution in [0.2, 0.25) is 10.0 Å². The fourth-order valence-corrected chi connectivity index (χ4v) is 3.95. The SMILES string of the molecule is Cc1nc(NS(=O)(=O)c2cccc(Cl)c2)ccc1-c1ccccc1Cl. The Kier molecular flexibility index (Phi) is 4.99. The van der Waals surface area contributed by atoms with Crippen molar-refractivity contribution in [2.45, 2.75) is 11.8 Å². The van der Waals surface area contributed by atoms with E-state index in [1.54, 1.807) is 37.3 Å². The molecule has 0 atom stereocenters. The van der Waals surface area contributed by atoms with E-state index in [9.17, 15) is 8.42 Å². The van der Waals surface area contributed by atoms with Crippen molar-refractivity contribution < 1.29 is 8.42 Å². The third-order valence-electron chi connectivity index (χ3n) is 3.60. The molecule has 0 radical (unpaired) electrons. The molecular weight excluding hydrogens is 379 g/mol. The number of nitrogens with one attached hydrogen (secondary N) is 1. The quantitative estimate of drug-likeness (QED) is 0.666. The molecule has 1 aromatic heterocycles. The number of nitrogens with zero attached hydrogens (tertiary/aromatic N) is 1. The zero-order valence-corrected chi connectivity index (χ0v) is 15.5. The molecule has 2 aromatic carbocycles. The predicted octanol–water partition coefficient (Wildman–Crippen LogP) is 5.16. The molecule has 4 nitrogen and oxygen atoms in total. The summed E-state index contributed by atoms with van der Waals surface area (Å²) in [6.07, 6.45) is 0. The van der Waals surface area contributed by atoms with Gasteiger partial charge in [-0.3, -0.25) is 4.72 Å². The monoisotopic (exact) mass is 392 g/mol. The Balaban J connectivity index is 1.93. The Morgan fingerprint density at radius 2 is 1.68 bits per heavy atom. The molecule has 128 valence electrons. The lowest BCUT2D eigenvalue weighted by molar-refractivity contribution is 0.601. The van der Waals surface area contributed by atoms with Gasteiger partial charge >= 0.3 is 0 Å². The molecular formula is C18H14Cl2N2O2S. The van der Waals surface area contributed by atoms with Crippen molar-refractivity contribution in [3.63, 3.8) is 0 Å². The summed E-state index contributed by atoms with van der Waals surface area (Å²) in [7, 11) is -3.76. The van der Waals surface area contributed by atoms with Crippen LogP contribution in [0.15, 0.2) is 65.6 Å². The van der Waals surface area contributed by atoms with E-state index >= 15 is 0 Å². The van der Waals surface area contributed by atoms with Crippen LogP contribution < -0.4 is 4.72 Å². The third kappa shape index (κ3) is 3.95. The Labute approximate surface area is 156 Å². The highest BCUT2D eigenvalue weighted by molar-refractivity contribution is 7.92. The average Bonchev–Trinajstić information content (AvgIpc) is 2.56. The van der Waals surface area contributed by atoms with Crippen molar-refractivity contribution in [1.82, 2.24) is 4.98 Å². The molecule has 3 rings (SSSR count). The van der Waals surface area contributed by atoms with Crippen LogP contribution >= 0.6 is 23.2 Å². The number of aromatic nitrogens is 1. The van der Waals surface area contributed by atoms with E-state index < -0.39 is 10.0 Å². The van der Waals surface area contributed by atoms with Gasteiger partial charge in [0.2, 0.25) is 0 Å². The Hall–Kier alpha value is -2.08. The first-order valence-electron chi connectivity index (χ1n) is 7.38. The van der Waals surface area contributed by atoms with Crippen LogP contribution in [0.25, 0.3) is 11.1 Å². The smallest absolute Gasteiger partial charge is 0.263 e. The molecule has 0 unspecified atom stereocenters. The molecule has 7 heteroatoms. The molecule has 1 heterocycles. The van der Waals surface area contributed by atoms with Crippen LogP contribution in [0.5, 0.6) is 0 Å². The van der Waals surface area contributed by atoms with Crippen molar-refractivity contribution in [3.8, 4) is 11.1 Å². The van der Waals surface area contributed by atoms with E-state index in [2.05, 4.69) is 9.71 Å². The third-order valence-corrected chi connectivity index (χ3v) is 5.51. The molecule has 0 saturated heterocycles. The second-order valence-electron chi connectivity index (χ2n) is 5.37. The van der Waals surface area contributed by atoms with Gasteiger partial charge in [-0.1, -0.05) is 47.5 Å². The number of sulfonamides is 1. The van der Waals surface area contributed by atoms with Gasteiger partial charge in [0.1, 0.15) is 5.82 Å². The van der Waals surface area contributed by atoms with Crippen LogP contribution in [0.4, 0.5) is 5.82 Å². The summed E-state index contributed by atoms with van der Waals surface area (Å²) >= 11 is 12.1. The van der Waals surface area contributed by atoms with Gasteiger partial charge in [0.05, 0.1) is 4.90 Å². The number of rotatable bonds is 4. The van der Waals surface area contributed by atoms with Crippen LogP contribution in [0.1, 0.15) is 5.69 Å². The molecule has 0 aliphatic heterocycles. The lowest BCUT2D eigenvalue weighted by atomic mass is 10.0. The number of pyridine rings is 1. The van der Waals surface area contributed by atoms with Gasteiger partial charge in [-0.05, 0) is 43.3 Å². The first-order valence-corrected chi connectivity index (χ1v) is 9.62. The minimum Gasteiger partial charge on any atom is -0.263 e. The first kappa shape index (κ1) is 17.7. The van der Waals surface area contributed by atoms with E-state index in [0.717, 1.165) is 11.1 Å². The first-order chi connectivity index (χ1) is 11.9. The number of anilines is 1. The summed E-state index contributed by atoms with van der Waals surface area (Å²) in [6, 6.07) is 16.9. The molecule has 0 saturated carbocycles. The van der Waals surface area contributed by atoms with E-state index in [-0.39, 0.29) is 10.7 Å². The van der Waals surface area contributed by atoms with Gasteiger partial charge in [0, 0.05) is 26.9 Å². The average molecular weight is 393 g/mol. The maximum absolute atomic E-state index is 12.4. The number of halogens is 2. The van der Waals surface area contributed by atoms with Gasteiger partial charge < -0.3 is 0 Å². The van der Waals surface area contributed by atoms with E-state index in [1.165, 1.54) is 12.1 Å². The van der Waals surface area contributed by atoms with E-state index in [0.29, 0.717) is 15.7 Å². The van der Waals surface area contributed by atoms with Crippen LogP contribution in [0, 0.1) is 6.92 Å². The number of hydrogen-bond acceptors (Lipinski definition) is 3. The van der Waals surface area contributed by atoms with Crippen molar-refractivity contribution in [2.75, 3.05) is 4.72 Å². The summed E-state index contributed by atoms with van der Waals surface area (Å²) in [5.41, 5.74) is 2.36. The summed E-state index contributed by atoms with van der Waals surface area (Å²) in [4.78, 5) is 4.42. The molecule has 1 N–H and O–H groups in total. The predicted molar refractivity (Wildman–Crippen MR) is 102 cm³/mol. The second kappa shape index (κ2) is 7.04. The molecule has 0 spiro atoms. The highest BCUT2D eigenvalue weighted by atomic mass is 35.5. The topological polar surface area (TPSA) is 59.1 Å². The zero-order valence-electron chi connectivity index (χ0n) is 13.2. The van der Waals surface area contributed by atoms with Crippen LogP contribution in [0.3, 0.4) is 0 Å². The van der Waals surface area contributed by atoms with Crippen molar-refractivity contribution in [1.29, 1.82) is 0 Å². The van der Waals surface area contributed by atoms with E-state index in [4.69, 9.17) is 23.2 Å². The van der Waals surface area contributed by atoms with Crippen molar-refractivity contribution in [2.24, 2.45) is 0 Å². The van der Waals surface area contributed by atoms with Gasteiger partial charge in [-0.2, -0.15) is 0 Å². The molecule has 0 aliphatic rings. The Morgan fingerprint density at radius 3 is 2.36 bits per heavy atom. The number of aryl methyl sites for hydroxylation is 1. The minimum atomic E-state index is -3.76. The summed E-state index contributed by atoms with van der Waals surface area (Å²) in [5.74, 6) is 0.230. The van der Waals surface area contributed by atoms with Crippen molar-refractivity contribution in [3.05, 3.63) is 76.4 Å². The summed E-state index contributed by atoms with van der Waals surface area (Å²) in [6.45, 7) is 1.80. The summed E-state index contributed by atoms with van der Waals surface area (Å²) < 4.78 is 27.4. The molecule has 0 bridgehead atoms. The standard InChI is InChI=1S/C18H14Cl2N2O2S/c1-12-15(16-7-2-3-8-17(16)20)9-10-18(21-12)22-25(23,24)14-6-4-5-13(19)11-14/h2-11H,1H3,(H,21,22). The fourth-order valence-electron chi connectivity index (χ4n) is 2.41. The van der Waals surface area contributed by atoms with Crippen molar-refractivity contribution >= 4 is 39.0 Å². The molecule has 25 heavy (non-hydrogen) atoms. The Morgan fingerprint density at radius 1 is 0.920 bits per heavy atom. The Bertz CT molecular complexity index is 1040. The van der Waals surface area contributed by atoms with Gasteiger partial charge in [0.15, 0.2) is 0 Å². The lowest BCUT2D eigenvalue weighted by Crippen LogP contribution is -2.14. The van der Waals surface area contributed by atoms with Crippen LogP contribution in [-0.2, 0) is 10.0 Å². The zero-order chi connectivity index (χ0) is 18.0. The lowest BCUT2D eigenvalue weighted by Gasteiger charge is -2.11. The normalized spacial score (nSPS) is 11.3. The highest BCUT2D eigenvalue weighted by Gasteiger charge is 2.16. The number of hydrogen-bond donors (Lipinski definition) is 1. The molecule has 0 aliphatic carbocycles. The highest BCUT2D eigenvalue weighted by Crippen LogP contribution is 2.30. The maximum atomic E-state index is 12.4. The molecule has 0 fully saturated rings. The largest absolute Gasteiger partial charge is 0.263 e.